The van der Waals surface area contributed by atoms with Crippen LogP contribution < -0.4 is 0 Å². The summed E-state index contributed by atoms with van der Waals surface area (Å²) in [4.78, 5) is 4.19. The zero-order valence-corrected chi connectivity index (χ0v) is 10.8. The number of hydrogen-bond acceptors (Lipinski definition) is 2. The van der Waals surface area contributed by atoms with E-state index >= 15 is 0 Å². The SMILES string of the molecule is OCC1(Cc2cncc(Br)c2)CC2CC2C1. The highest BCUT2D eigenvalue weighted by Gasteiger charge is 2.53. The molecule has 0 aliphatic heterocycles. The molecule has 0 bridgehead atoms. The van der Waals surface area contributed by atoms with Gasteiger partial charge in [-0.1, -0.05) is 0 Å². The standard InChI is InChI=1S/C13H16BrNO/c14-12-1-9(6-15-7-12)3-13(8-16)4-10-2-11(10)5-13/h1,6-7,10-11,16H,2-5,8H2. The number of aliphatic hydroxyl groups is 1. The maximum Gasteiger partial charge on any atom is 0.0490 e. The zero-order valence-electron chi connectivity index (χ0n) is 9.19. The van der Waals surface area contributed by atoms with Crippen LogP contribution in [0.5, 0.6) is 0 Å². The lowest BCUT2D eigenvalue weighted by Gasteiger charge is -2.28. The van der Waals surface area contributed by atoms with Gasteiger partial charge in [-0.05, 0) is 70.5 Å². The Kier molecular flexibility index (Phi) is 2.55. The van der Waals surface area contributed by atoms with Gasteiger partial charge in [0.2, 0.25) is 0 Å². The Morgan fingerprint density at radius 2 is 2.12 bits per heavy atom. The Morgan fingerprint density at radius 1 is 1.38 bits per heavy atom. The first kappa shape index (κ1) is 10.7. The van der Waals surface area contributed by atoms with Crippen LogP contribution in [0.1, 0.15) is 24.8 Å². The van der Waals surface area contributed by atoms with Gasteiger partial charge in [-0.2, -0.15) is 0 Å². The fourth-order valence-electron chi connectivity index (χ4n) is 3.32. The summed E-state index contributed by atoms with van der Waals surface area (Å²) in [6, 6.07) is 2.12. The molecule has 3 heteroatoms. The van der Waals surface area contributed by atoms with Gasteiger partial charge < -0.3 is 5.11 Å². The first-order valence-electron chi connectivity index (χ1n) is 5.91. The minimum absolute atomic E-state index is 0.149. The number of fused-ring (bicyclic) bond motifs is 1. The molecule has 2 fully saturated rings. The molecular weight excluding hydrogens is 266 g/mol. The van der Waals surface area contributed by atoms with Crippen molar-refractivity contribution in [3.05, 3.63) is 28.5 Å². The number of rotatable bonds is 3. The summed E-state index contributed by atoms with van der Waals surface area (Å²) in [5.41, 5.74) is 1.39. The highest BCUT2D eigenvalue weighted by atomic mass is 79.9. The van der Waals surface area contributed by atoms with Gasteiger partial charge in [0.05, 0.1) is 0 Å². The number of aromatic nitrogens is 1. The molecule has 1 heterocycles. The van der Waals surface area contributed by atoms with Crippen molar-refractivity contribution < 1.29 is 5.11 Å². The molecule has 1 N–H and O–H groups in total. The van der Waals surface area contributed by atoms with Gasteiger partial charge in [0.25, 0.3) is 0 Å². The summed E-state index contributed by atoms with van der Waals surface area (Å²) in [5, 5.41) is 9.65. The third-order valence-electron chi connectivity index (χ3n) is 4.14. The molecule has 0 spiro atoms. The highest BCUT2D eigenvalue weighted by Crippen LogP contribution is 2.60. The predicted molar refractivity (Wildman–Crippen MR) is 66.0 cm³/mol. The van der Waals surface area contributed by atoms with E-state index in [1.165, 1.54) is 24.8 Å². The van der Waals surface area contributed by atoms with Gasteiger partial charge in [0, 0.05) is 23.5 Å². The van der Waals surface area contributed by atoms with Crippen molar-refractivity contribution in [1.29, 1.82) is 0 Å². The van der Waals surface area contributed by atoms with Crippen molar-refractivity contribution in [1.82, 2.24) is 4.98 Å². The maximum absolute atomic E-state index is 9.65. The summed E-state index contributed by atoms with van der Waals surface area (Å²) >= 11 is 3.45. The lowest BCUT2D eigenvalue weighted by atomic mass is 9.78. The minimum atomic E-state index is 0.149. The van der Waals surface area contributed by atoms with Crippen LogP contribution >= 0.6 is 15.9 Å². The van der Waals surface area contributed by atoms with E-state index in [4.69, 9.17) is 0 Å². The van der Waals surface area contributed by atoms with Gasteiger partial charge in [0.15, 0.2) is 0 Å². The lowest BCUT2D eigenvalue weighted by Crippen LogP contribution is -2.26. The summed E-state index contributed by atoms with van der Waals surface area (Å²) < 4.78 is 1.03. The maximum atomic E-state index is 9.65. The van der Waals surface area contributed by atoms with Crippen molar-refractivity contribution in [2.45, 2.75) is 25.7 Å². The van der Waals surface area contributed by atoms with Crippen LogP contribution in [0.2, 0.25) is 0 Å². The Balaban J connectivity index is 1.77. The molecule has 3 rings (SSSR count). The van der Waals surface area contributed by atoms with Crippen LogP contribution in [0.4, 0.5) is 0 Å². The second kappa shape index (κ2) is 3.81. The second-order valence-electron chi connectivity index (χ2n) is 5.51. The molecular formula is C13H16BrNO. The highest BCUT2D eigenvalue weighted by molar-refractivity contribution is 9.10. The molecule has 2 aliphatic carbocycles. The van der Waals surface area contributed by atoms with Crippen molar-refractivity contribution in [3.8, 4) is 0 Å². The summed E-state index contributed by atoms with van der Waals surface area (Å²) in [5.74, 6) is 1.82. The Bertz CT molecular complexity index is 397. The molecule has 0 radical (unpaired) electrons. The van der Waals surface area contributed by atoms with Gasteiger partial charge in [0.1, 0.15) is 0 Å². The second-order valence-corrected chi connectivity index (χ2v) is 6.43. The topological polar surface area (TPSA) is 33.1 Å². The molecule has 2 aliphatic rings. The molecule has 86 valence electrons. The van der Waals surface area contributed by atoms with Gasteiger partial charge in [-0.25, -0.2) is 0 Å². The minimum Gasteiger partial charge on any atom is -0.396 e. The van der Waals surface area contributed by atoms with Crippen LogP contribution in [0.3, 0.4) is 0 Å². The van der Waals surface area contributed by atoms with E-state index in [1.807, 2.05) is 6.20 Å². The van der Waals surface area contributed by atoms with Gasteiger partial charge >= 0.3 is 0 Å². The Labute approximate surface area is 104 Å². The van der Waals surface area contributed by atoms with Gasteiger partial charge in [-0.15, -0.1) is 0 Å². The fourth-order valence-corrected chi connectivity index (χ4v) is 3.73. The zero-order chi connectivity index (χ0) is 11.2. The lowest BCUT2D eigenvalue weighted by molar-refractivity contribution is 0.117. The average molecular weight is 282 g/mol. The number of aliphatic hydroxyl groups excluding tert-OH is 1. The Morgan fingerprint density at radius 3 is 2.75 bits per heavy atom. The molecule has 2 saturated carbocycles. The first-order chi connectivity index (χ1) is 7.71. The van der Waals surface area contributed by atoms with E-state index < -0.39 is 0 Å². The molecule has 16 heavy (non-hydrogen) atoms. The van der Waals surface area contributed by atoms with Crippen molar-refractivity contribution in [2.75, 3.05) is 6.61 Å². The van der Waals surface area contributed by atoms with E-state index in [9.17, 15) is 5.11 Å². The van der Waals surface area contributed by atoms with E-state index in [0.717, 1.165) is 22.7 Å². The Hall–Kier alpha value is -0.410. The van der Waals surface area contributed by atoms with Crippen LogP contribution in [-0.2, 0) is 6.42 Å². The fraction of sp³-hybridized carbons (Fsp3) is 0.615. The van der Waals surface area contributed by atoms with E-state index in [2.05, 4.69) is 27.0 Å². The van der Waals surface area contributed by atoms with Crippen LogP contribution in [0.15, 0.2) is 22.9 Å². The first-order valence-corrected chi connectivity index (χ1v) is 6.70. The number of hydrogen-bond donors (Lipinski definition) is 1. The van der Waals surface area contributed by atoms with E-state index in [-0.39, 0.29) is 5.41 Å². The van der Waals surface area contributed by atoms with Crippen molar-refractivity contribution in [3.63, 3.8) is 0 Å². The number of pyridine rings is 1. The molecule has 1 aromatic rings. The molecule has 2 nitrogen and oxygen atoms in total. The van der Waals surface area contributed by atoms with Crippen molar-refractivity contribution >= 4 is 15.9 Å². The molecule has 2 atom stereocenters. The molecule has 0 saturated heterocycles. The summed E-state index contributed by atoms with van der Waals surface area (Å²) in [6.07, 6.45) is 8.52. The molecule has 2 unspecified atom stereocenters. The largest absolute Gasteiger partial charge is 0.396 e. The van der Waals surface area contributed by atoms with Crippen LogP contribution in [0.25, 0.3) is 0 Å². The summed E-state index contributed by atoms with van der Waals surface area (Å²) in [7, 11) is 0. The van der Waals surface area contributed by atoms with Crippen LogP contribution in [-0.4, -0.2) is 16.7 Å². The van der Waals surface area contributed by atoms with E-state index in [0.29, 0.717) is 6.61 Å². The number of halogens is 1. The van der Waals surface area contributed by atoms with E-state index in [1.54, 1.807) is 6.20 Å². The third kappa shape index (κ3) is 1.91. The smallest absolute Gasteiger partial charge is 0.0490 e. The monoisotopic (exact) mass is 281 g/mol. The molecule has 1 aromatic heterocycles. The van der Waals surface area contributed by atoms with Crippen LogP contribution in [0, 0.1) is 17.3 Å². The number of nitrogens with zero attached hydrogens (tertiary/aromatic N) is 1. The average Bonchev–Trinajstić information content (AvgIpc) is 2.87. The molecule has 0 aromatic carbocycles. The normalized spacial score (nSPS) is 36.1. The van der Waals surface area contributed by atoms with Gasteiger partial charge in [-0.3, -0.25) is 4.98 Å². The summed E-state index contributed by atoms with van der Waals surface area (Å²) in [6.45, 7) is 0.326. The van der Waals surface area contributed by atoms with Crippen molar-refractivity contribution in [2.24, 2.45) is 17.3 Å². The molecule has 0 amide bonds. The quantitative estimate of drug-likeness (QED) is 0.924. The third-order valence-corrected chi connectivity index (χ3v) is 4.57. The predicted octanol–water partition coefficient (Wildman–Crippen LogP) is 2.80.